The molecule has 1 unspecified atom stereocenters. The molecule has 0 fully saturated rings. The molecule has 7 heteroatoms. The van der Waals surface area contributed by atoms with Crippen molar-refractivity contribution in [1.82, 2.24) is 15.5 Å². The monoisotopic (exact) mass is 320 g/mol. The topological polar surface area (TPSA) is 66.9 Å². The Morgan fingerprint density at radius 1 is 1.43 bits per heavy atom. The van der Waals surface area contributed by atoms with E-state index < -0.39 is 0 Å². The highest BCUT2D eigenvalue weighted by molar-refractivity contribution is 8.01. The van der Waals surface area contributed by atoms with Crippen molar-refractivity contribution in [3.05, 3.63) is 28.8 Å². The molecule has 0 aliphatic carbocycles. The number of carbonyl (C=O) groups excluding carboxylic acids is 1. The summed E-state index contributed by atoms with van der Waals surface area (Å²) >= 11 is 3.14. The summed E-state index contributed by atoms with van der Waals surface area (Å²) in [4.78, 5) is 13.1. The third-order valence-corrected chi connectivity index (χ3v) is 5.05. The highest BCUT2D eigenvalue weighted by atomic mass is 32.2. The van der Waals surface area contributed by atoms with Crippen molar-refractivity contribution in [3.8, 4) is 0 Å². The van der Waals surface area contributed by atoms with Gasteiger partial charge in [-0.05, 0) is 32.0 Å². The molecule has 1 aliphatic heterocycles. The Hall–Kier alpha value is -1.44. The molecule has 5 nitrogen and oxygen atoms in total. The standard InChI is InChI=1S/C14H16N4OS2/c1-3-6-15-12-10-5-4-9(7-11(10)16-13(12)19)21-14-18-17-8(2)20-14/h4-5,7,12,15H,3,6H2,1-2H3,(H,16,19). The van der Waals surface area contributed by atoms with Crippen molar-refractivity contribution in [2.24, 2.45) is 0 Å². The SMILES string of the molecule is CCCNC1C(=O)Nc2cc(Sc3nnc(C)s3)ccc21. The number of rotatable bonds is 5. The molecule has 0 saturated carbocycles. The van der Waals surface area contributed by atoms with Gasteiger partial charge in [-0.25, -0.2) is 0 Å². The van der Waals surface area contributed by atoms with Gasteiger partial charge < -0.3 is 10.6 Å². The molecule has 21 heavy (non-hydrogen) atoms. The van der Waals surface area contributed by atoms with Crippen LogP contribution in [0.4, 0.5) is 5.69 Å². The second kappa shape index (κ2) is 6.13. The van der Waals surface area contributed by atoms with Crippen molar-refractivity contribution in [1.29, 1.82) is 0 Å². The molecule has 0 saturated heterocycles. The molecule has 1 atom stereocenters. The van der Waals surface area contributed by atoms with Crippen LogP contribution in [0.1, 0.15) is 30.0 Å². The Balaban J connectivity index is 1.79. The van der Waals surface area contributed by atoms with Crippen LogP contribution in [0, 0.1) is 6.92 Å². The van der Waals surface area contributed by atoms with Crippen LogP contribution in [0.5, 0.6) is 0 Å². The first-order valence-electron chi connectivity index (χ1n) is 6.83. The third kappa shape index (κ3) is 3.09. The molecule has 2 heterocycles. The molecule has 0 radical (unpaired) electrons. The number of hydrogen-bond donors (Lipinski definition) is 2. The fourth-order valence-corrected chi connectivity index (χ4v) is 4.05. The van der Waals surface area contributed by atoms with Gasteiger partial charge in [0.25, 0.3) is 0 Å². The summed E-state index contributed by atoms with van der Waals surface area (Å²) in [7, 11) is 0. The molecule has 2 N–H and O–H groups in total. The first-order valence-corrected chi connectivity index (χ1v) is 8.47. The fraction of sp³-hybridized carbons (Fsp3) is 0.357. The van der Waals surface area contributed by atoms with E-state index in [-0.39, 0.29) is 11.9 Å². The van der Waals surface area contributed by atoms with Crippen LogP contribution >= 0.6 is 23.1 Å². The number of anilines is 1. The maximum atomic E-state index is 12.0. The van der Waals surface area contributed by atoms with Crippen LogP contribution in [0.15, 0.2) is 27.4 Å². The van der Waals surface area contributed by atoms with E-state index in [9.17, 15) is 4.79 Å². The number of aromatic nitrogens is 2. The lowest BCUT2D eigenvalue weighted by Crippen LogP contribution is -2.27. The highest BCUT2D eigenvalue weighted by Gasteiger charge is 2.29. The van der Waals surface area contributed by atoms with Gasteiger partial charge in [-0.3, -0.25) is 4.79 Å². The molecule has 1 aromatic carbocycles. The summed E-state index contributed by atoms with van der Waals surface area (Å²) in [6.45, 7) is 4.86. The van der Waals surface area contributed by atoms with Crippen LogP contribution in [-0.4, -0.2) is 22.6 Å². The average molecular weight is 320 g/mol. The first kappa shape index (κ1) is 14.5. The number of nitrogens with zero attached hydrogens (tertiary/aromatic N) is 2. The van der Waals surface area contributed by atoms with Gasteiger partial charge in [0, 0.05) is 16.1 Å². The summed E-state index contributed by atoms with van der Waals surface area (Å²) in [6, 6.07) is 5.81. The third-order valence-electron chi connectivity index (χ3n) is 3.17. The van der Waals surface area contributed by atoms with E-state index in [1.807, 2.05) is 25.1 Å². The van der Waals surface area contributed by atoms with E-state index in [0.29, 0.717) is 0 Å². The molecule has 2 aromatic rings. The second-order valence-electron chi connectivity index (χ2n) is 4.81. The van der Waals surface area contributed by atoms with Gasteiger partial charge in [0.2, 0.25) is 5.91 Å². The highest BCUT2D eigenvalue weighted by Crippen LogP contribution is 2.37. The molecule has 1 aliphatic rings. The van der Waals surface area contributed by atoms with Gasteiger partial charge in [-0.15, -0.1) is 10.2 Å². The van der Waals surface area contributed by atoms with Crippen molar-refractivity contribution in [2.45, 2.75) is 35.5 Å². The number of fused-ring (bicyclic) bond motifs is 1. The zero-order valence-electron chi connectivity index (χ0n) is 11.8. The predicted molar refractivity (Wildman–Crippen MR) is 84.9 cm³/mol. The molecule has 110 valence electrons. The minimum absolute atomic E-state index is 0.0207. The molecule has 1 aromatic heterocycles. The Kier molecular flexibility index (Phi) is 4.23. The Labute approximate surface area is 131 Å². The summed E-state index contributed by atoms with van der Waals surface area (Å²) < 4.78 is 0.914. The van der Waals surface area contributed by atoms with Gasteiger partial charge >= 0.3 is 0 Å². The van der Waals surface area contributed by atoms with E-state index >= 15 is 0 Å². The van der Waals surface area contributed by atoms with Crippen LogP contribution in [0.25, 0.3) is 0 Å². The van der Waals surface area contributed by atoms with Crippen LogP contribution in [0.2, 0.25) is 0 Å². The summed E-state index contributed by atoms with van der Waals surface area (Å²) in [5.74, 6) is 0.0207. The largest absolute Gasteiger partial charge is 0.324 e. The number of hydrogen-bond acceptors (Lipinski definition) is 6. The van der Waals surface area contributed by atoms with Gasteiger partial charge in [0.05, 0.1) is 0 Å². The lowest BCUT2D eigenvalue weighted by Gasteiger charge is -2.10. The van der Waals surface area contributed by atoms with E-state index in [1.165, 1.54) is 0 Å². The molecule has 1 amide bonds. The molecule has 0 spiro atoms. The number of benzene rings is 1. The predicted octanol–water partition coefficient (Wildman–Crippen LogP) is 2.99. The quantitative estimate of drug-likeness (QED) is 0.886. The fourth-order valence-electron chi connectivity index (χ4n) is 2.22. The number of nitrogens with one attached hydrogen (secondary N) is 2. The zero-order valence-corrected chi connectivity index (χ0v) is 13.5. The van der Waals surface area contributed by atoms with Gasteiger partial charge in [-0.1, -0.05) is 36.1 Å². The molecule has 0 bridgehead atoms. The van der Waals surface area contributed by atoms with Crippen molar-refractivity contribution >= 4 is 34.7 Å². The van der Waals surface area contributed by atoms with Crippen molar-refractivity contribution in [2.75, 3.05) is 11.9 Å². The molecular weight excluding hydrogens is 304 g/mol. The zero-order chi connectivity index (χ0) is 14.8. The normalized spacial score (nSPS) is 16.9. The molecule has 3 rings (SSSR count). The lowest BCUT2D eigenvalue weighted by molar-refractivity contribution is -0.117. The van der Waals surface area contributed by atoms with Crippen LogP contribution < -0.4 is 10.6 Å². The second-order valence-corrected chi connectivity index (χ2v) is 7.32. The Morgan fingerprint density at radius 3 is 3.00 bits per heavy atom. The summed E-state index contributed by atoms with van der Waals surface area (Å²) in [6.07, 6.45) is 1.00. The smallest absolute Gasteiger partial charge is 0.246 e. The van der Waals surface area contributed by atoms with Crippen molar-refractivity contribution < 1.29 is 4.79 Å². The van der Waals surface area contributed by atoms with E-state index in [2.05, 4.69) is 27.8 Å². The lowest BCUT2D eigenvalue weighted by atomic mass is 10.1. The maximum Gasteiger partial charge on any atom is 0.246 e. The number of carbonyl (C=O) groups is 1. The van der Waals surface area contributed by atoms with E-state index in [0.717, 1.165) is 38.5 Å². The van der Waals surface area contributed by atoms with Gasteiger partial charge in [-0.2, -0.15) is 0 Å². The van der Waals surface area contributed by atoms with Crippen LogP contribution in [0.3, 0.4) is 0 Å². The summed E-state index contributed by atoms with van der Waals surface area (Å²) in [5.41, 5.74) is 1.91. The van der Waals surface area contributed by atoms with E-state index in [4.69, 9.17) is 0 Å². The summed E-state index contributed by atoms with van der Waals surface area (Å²) in [5, 5.41) is 15.3. The average Bonchev–Trinajstić information content (AvgIpc) is 2.99. The molecular formula is C14H16N4OS2. The van der Waals surface area contributed by atoms with Crippen LogP contribution in [-0.2, 0) is 4.79 Å². The van der Waals surface area contributed by atoms with Gasteiger partial charge in [0.1, 0.15) is 11.0 Å². The minimum Gasteiger partial charge on any atom is -0.324 e. The number of amides is 1. The maximum absolute atomic E-state index is 12.0. The first-order chi connectivity index (χ1) is 10.2. The van der Waals surface area contributed by atoms with E-state index in [1.54, 1.807) is 23.1 Å². The van der Waals surface area contributed by atoms with Gasteiger partial charge in [0.15, 0.2) is 4.34 Å². The van der Waals surface area contributed by atoms with Crippen molar-refractivity contribution in [3.63, 3.8) is 0 Å². The Morgan fingerprint density at radius 2 is 2.29 bits per heavy atom. The Bertz CT molecular complexity index is 671. The number of aryl methyl sites for hydroxylation is 1. The minimum atomic E-state index is -0.234.